The first-order valence-electron chi connectivity index (χ1n) is 5.89. The van der Waals surface area contributed by atoms with E-state index in [4.69, 9.17) is 16.7 Å². The fourth-order valence-electron chi connectivity index (χ4n) is 2.06. The number of rotatable bonds is 4. The first-order chi connectivity index (χ1) is 9.47. The summed E-state index contributed by atoms with van der Waals surface area (Å²) in [5.41, 5.74) is 0.925. The molecule has 0 bridgehead atoms. The highest BCUT2D eigenvalue weighted by Crippen LogP contribution is 2.30. The maximum Gasteiger partial charge on any atom is 0.304 e. The maximum absolute atomic E-state index is 13.5. The second-order valence-electron chi connectivity index (χ2n) is 4.38. The second-order valence-corrected chi connectivity index (χ2v) is 4.79. The summed E-state index contributed by atoms with van der Waals surface area (Å²) in [7, 11) is 0. The van der Waals surface area contributed by atoms with Gasteiger partial charge in [-0.2, -0.15) is 0 Å². The van der Waals surface area contributed by atoms with Gasteiger partial charge in [0.15, 0.2) is 0 Å². The van der Waals surface area contributed by atoms with Crippen LogP contribution in [0.2, 0.25) is 5.02 Å². The number of carbonyl (C=O) groups is 1. The zero-order chi connectivity index (χ0) is 14.7. The van der Waals surface area contributed by atoms with Gasteiger partial charge in [0.2, 0.25) is 0 Å². The summed E-state index contributed by atoms with van der Waals surface area (Å²) >= 11 is 5.61. The Bertz CT molecular complexity index is 644. The van der Waals surface area contributed by atoms with Crippen molar-refractivity contribution in [3.8, 4) is 0 Å². The van der Waals surface area contributed by atoms with Crippen LogP contribution in [0.4, 0.5) is 8.78 Å². The number of hydrogen-bond acceptors (Lipinski definition) is 1. The highest BCUT2D eigenvalue weighted by Gasteiger charge is 2.19. The quantitative estimate of drug-likeness (QED) is 0.917. The monoisotopic (exact) mass is 296 g/mol. The van der Waals surface area contributed by atoms with E-state index in [0.29, 0.717) is 11.1 Å². The van der Waals surface area contributed by atoms with E-state index in [9.17, 15) is 13.6 Å². The molecule has 1 N–H and O–H groups in total. The molecule has 1 atom stereocenters. The molecule has 5 heteroatoms. The van der Waals surface area contributed by atoms with Crippen molar-refractivity contribution in [2.75, 3.05) is 0 Å². The fourth-order valence-corrected chi connectivity index (χ4v) is 2.17. The summed E-state index contributed by atoms with van der Waals surface area (Å²) in [6.07, 6.45) is -0.259. The number of hydrogen-bond donors (Lipinski definition) is 1. The molecule has 0 radical (unpaired) electrons. The summed E-state index contributed by atoms with van der Waals surface area (Å²) < 4.78 is 26.8. The van der Waals surface area contributed by atoms with Gasteiger partial charge in [0.05, 0.1) is 11.4 Å². The van der Waals surface area contributed by atoms with E-state index in [1.165, 1.54) is 30.3 Å². The third-order valence-electron chi connectivity index (χ3n) is 2.98. The maximum atomic E-state index is 13.5. The lowest BCUT2D eigenvalue weighted by molar-refractivity contribution is -0.137. The lowest BCUT2D eigenvalue weighted by Gasteiger charge is -2.16. The fraction of sp³-hybridized carbons (Fsp3) is 0.133. The van der Waals surface area contributed by atoms with Crippen LogP contribution in [0.5, 0.6) is 0 Å². The number of carboxylic acid groups (broad SMARTS) is 1. The van der Waals surface area contributed by atoms with Crippen LogP contribution in [0.1, 0.15) is 23.5 Å². The normalized spacial score (nSPS) is 12.2. The molecule has 2 rings (SSSR count). The molecule has 20 heavy (non-hydrogen) atoms. The predicted octanol–water partition coefficient (Wildman–Crippen LogP) is 4.22. The first-order valence-corrected chi connectivity index (χ1v) is 6.27. The molecular formula is C15H11ClF2O2. The molecule has 0 saturated heterocycles. The van der Waals surface area contributed by atoms with Crippen molar-refractivity contribution in [3.05, 3.63) is 70.2 Å². The summed E-state index contributed by atoms with van der Waals surface area (Å²) in [6, 6.07) is 9.71. The average Bonchev–Trinajstić information content (AvgIpc) is 2.39. The van der Waals surface area contributed by atoms with Gasteiger partial charge < -0.3 is 5.11 Å². The highest BCUT2D eigenvalue weighted by atomic mass is 35.5. The molecule has 2 aromatic carbocycles. The molecule has 104 valence electrons. The van der Waals surface area contributed by atoms with E-state index in [-0.39, 0.29) is 11.4 Å². The lowest BCUT2D eigenvalue weighted by Crippen LogP contribution is -2.08. The number of carboxylic acids is 1. The molecule has 0 aromatic heterocycles. The highest BCUT2D eigenvalue weighted by molar-refractivity contribution is 6.30. The number of benzene rings is 2. The van der Waals surface area contributed by atoms with E-state index < -0.39 is 23.5 Å². The minimum absolute atomic E-state index is 0.0398. The van der Waals surface area contributed by atoms with E-state index in [1.54, 1.807) is 12.1 Å². The van der Waals surface area contributed by atoms with Crippen molar-refractivity contribution in [2.24, 2.45) is 0 Å². The molecule has 0 fully saturated rings. The number of halogens is 3. The van der Waals surface area contributed by atoms with Crippen LogP contribution in [-0.4, -0.2) is 11.1 Å². The van der Waals surface area contributed by atoms with Crippen LogP contribution in [0.25, 0.3) is 0 Å². The van der Waals surface area contributed by atoms with Crippen molar-refractivity contribution < 1.29 is 18.7 Å². The minimum Gasteiger partial charge on any atom is -0.481 e. The Morgan fingerprint density at radius 1 is 1.15 bits per heavy atom. The predicted molar refractivity (Wildman–Crippen MR) is 71.9 cm³/mol. The Morgan fingerprint density at radius 3 is 2.45 bits per heavy atom. The Balaban J connectivity index is 2.46. The van der Waals surface area contributed by atoms with Crippen LogP contribution >= 0.6 is 11.6 Å². The van der Waals surface area contributed by atoms with Crippen molar-refractivity contribution in [3.63, 3.8) is 0 Å². The van der Waals surface area contributed by atoms with Crippen molar-refractivity contribution in [1.82, 2.24) is 0 Å². The standard InChI is InChI=1S/C15H11ClF2O2/c16-13-5-4-10(7-14(13)18)12(8-15(19)20)9-2-1-3-11(17)6-9/h1-7,12H,8H2,(H,19,20). The second kappa shape index (κ2) is 6.01. The first kappa shape index (κ1) is 14.5. The van der Waals surface area contributed by atoms with Crippen LogP contribution in [-0.2, 0) is 4.79 Å². The molecule has 2 nitrogen and oxygen atoms in total. The van der Waals surface area contributed by atoms with E-state index >= 15 is 0 Å². The summed E-state index contributed by atoms with van der Waals surface area (Å²) in [5, 5.41) is 8.95. The molecular weight excluding hydrogens is 286 g/mol. The van der Waals surface area contributed by atoms with E-state index in [0.717, 1.165) is 0 Å². The van der Waals surface area contributed by atoms with Crippen molar-refractivity contribution >= 4 is 17.6 Å². The van der Waals surface area contributed by atoms with Crippen LogP contribution in [0, 0.1) is 11.6 Å². The average molecular weight is 297 g/mol. The SMILES string of the molecule is O=C(O)CC(c1cccc(F)c1)c1ccc(Cl)c(F)c1. The van der Waals surface area contributed by atoms with Gasteiger partial charge in [0.25, 0.3) is 0 Å². The largest absolute Gasteiger partial charge is 0.481 e. The summed E-state index contributed by atoms with van der Waals surface area (Å²) in [6.45, 7) is 0. The van der Waals surface area contributed by atoms with Gasteiger partial charge in [0.1, 0.15) is 11.6 Å². The zero-order valence-corrected chi connectivity index (χ0v) is 11.1. The minimum atomic E-state index is -1.05. The van der Waals surface area contributed by atoms with E-state index in [2.05, 4.69) is 0 Å². The van der Waals surface area contributed by atoms with E-state index in [1.807, 2.05) is 0 Å². The molecule has 0 aliphatic rings. The van der Waals surface area contributed by atoms with Gasteiger partial charge in [0, 0.05) is 5.92 Å². The molecule has 0 aliphatic heterocycles. The molecule has 1 unspecified atom stereocenters. The lowest BCUT2D eigenvalue weighted by atomic mass is 9.88. The summed E-state index contributed by atoms with van der Waals surface area (Å²) in [5.74, 6) is -2.77. The van der Waals surface area contributed by atoms with Gasteiger partial charge in [-0.3, -0.25) is 4.79 Å². The Hall–Kier alpha value is -1.94. The van der Waals surface area contributed by atoms with Crippen LogP contribution in [0.3, 0.4) is 0 Å². The van der Waals surface area contributed by atoms with Gasteiger partial charge in [-0.15, -0.1) is 0 Å². The van der Waals surface area contributed by atoms with Crippen LogP contribution in [0.15, 0.2) is 42.5 Å². The molecule has 0 saturated carbocycles. The van der Waals surface area contributed by atoms with Gasteiger partial charge in [-0.25, -0.2) is 8.78 Å². The molecule has 0 amide bonds. The Morgan fingerprint density at radius 2 is 1.85 bits per heavy atom. The van der Waals surface area contributed by atoms with Crippen LogP contribution < -0.4 is 0 Å². The molecule has 2 aromatic rings. The molecule has 0 spiro atoms. The summed E-state index contributed by atoms with van der Waals surface area (Å²) in [4.78, 5) is 11.0. The van der Waals surface area contributed by atoms with Crippen molar-refractivity contribution in [1.29, 1.82) is 0 Å². The number of aliphatic carboxylic acids is 1. The van der Waals surface area contributed by atoms with Gasteiger partial charge >= 0.3 is 5.97 Å². The molecule has 0 heterocycles. The third kappa shape index (κ3) is 3.33. The smallest absolute Gasteiger partial charge is 0.304 e. The Kier molecular flexibility index (Phi) is 4.35. The Labute approximate surface area is 119 Å². The topological polar surface area (TPSA) is 37.3 Å². The van der Waals surface area contributed by atoms with Gasteiger partial charge in [-0.1, -0.05) is 29.8 Å². The molecule has 0 aliphatic carbocycles. The van der Waals surface area contributed by atoms with Gasteiger partial charge in [-0.05, 0) is 35.4 Å². The third-order valence-corrected chi connectivity index (χ3v) is 3.28. The van der Waals surface area contributed by atoms with Crippen molar-refractivity contribution in [2.45, 2.75) is 12.3 Å². The zero-order valence-electron chi connectivity index (χ0n) is 10.3.